The Morgan fingerprint density at radius 1 is 1.08 bits per heavy atom. The third-order valence-corrected chi connectivity index (χ3v) is 3.70. The van der Waals surface area contributed by atoms with Crippen LogP contribution in [0.5, 0.6) is 0 Å². The molecule has 0 unspecified atom stereocenters. The van der Waals surface area contributed by atoms with E-state index in [2.05, 4.69) is 20.8 Å². The number of tetrazole rings is 1. The van der Waals surface area contributed by atoms with Gasteiger partial charge in [-0.2, -0.15) is 0 Å². The highest BCUT2D eigenvalue weighted by Gasteiger charge is 2.10. The Morgan fingerprint density at radius 2 is 1.88 bits per heavy atom. The smallest absolute Gasteiger partial charge is 0.224 e. The number of ketones is 1. The van der Waals surface area contributed by atoms with Crippen molar-refractivity contribution in [3.63, 3.8) is 0 Å². The van der Waals surface area contributed by atoms with Gasteiger partial charge in [0.05, 0.1) is 5.69 Å². The van der Waals surface area contributed by atoms with E-state index in [-0.39, 0.29) is 24.5 Å². The summed E-state index contributed by atoms with van der Waals surface area (Å²) in [6.45, 7) is 1.96. The number of rotatable bonds is 6. The van der Waals surface area contributed by atoms with E-state index in [9.17, 15) is 9.59 Å². The molecule has 25 heavy (non-hydrogen) atoms. The summed E-state index contributed by atoms with van der Waals surface area (Å²) in [4.78, 5) is 24.2. The third-order valence-electron chi connectivity index (χ3n) is 3.70. The molecule has 1 amide bonds. The minimum Gasteiger partial charge on any atom is -0.326 e. The Hall–Kier alpha value is -3.35. The molecule has 0 atom stereocenters. The molecule has 0 aliphatic carbocycles. The van der Waals surface area contributed by atoms with Gasteiger partial charge in [0.15, 0.2) is 5.78 Å². The van der Waals surface area contributed by atoms with Gasteiger partial charge in [-0.1, -0.05) is 35.9 Å². The van der Waals surface area contributed by atoms with Gasteiger partial charge in [-0.15, -0.1) is 5.10 Å². The van der Waals surface area contributed by atoms with Gasteiger partial charge in [-0.3, -0.25) is 9.59 Å². The minimum atomic E-state index is -0.214. The molecule has 0 bridgehead atoms. The summed E-state index contributed by atoms with van der Waals surface area (Å²) in [6, 6.07) is 14.5. The van der Waals surface area contributed by atoms with Crippen LogP contribution >= 0.6 is 0 Å². The lowest BCUT2D eigenvalue weighted by Gasteiger charge is -2.07. The molecule has 0 aliphatic heterocycles. The van der Waals surface area contributed by atoms with Crippen molar-refractivity contribution < 1.29 is 9.59 Å². The van der Waals surface area contributed by atoms with Gasteiger partial charge in [-0.25, -0.2) is 4.68 Å². The Morgan fingerprint density at radius 3 is 2.60 bits per heavy atom. The predicted octanol–water partition coefficient (Wildman–Crippen LogP) is 2.57. The summed E-state index contributed by atoms with van der Waals surface area (Å²) in [5.41, 5.74) is 3.08. The van der Waals surface area contributed by atoms with Crippen LogP contribution in [-0.2, 0) is 4.79 Å². The van der Waals surface area contributed by atoms with Gasteiger partial charge in [0.25, 0.3) is 0 Å². The average molecular weight is 335 g/mol. The van der Waals surface area contributed by atoms with E-state index in [1.807, 2.05) is 25.1 Å². The molecule has 1 aromatic heterocycles. The van der Waals surface area contributed by atoms with Crippen LogP contribution in [0, 0.1) is 6.92 Å². The Bertz CT molecular complexity index is 873. The summed E-state index contributed by atoms with van der Waals surface area (Å²) in [5.74, 6) is -0.257. The van der Waals surface area contributed by atoms with Crippen molar-refractivity contribution in [3.05, 3.63) is 66.0 Å². The molecule has 0 radical (unpaired) electrons. The number of nitrogens with zero attached hydrogens (tertiary/aromatic N) is 4. The Labute approximate surface area is 144 Å². The second-order valence-corrected chi connectivity index (χ2v) is 5.64. The van der Waals surface area contributed by atoms with Gasteiger partial charge in [0.1, 0.15) is 6.33 Å². The molecule has 0 aliphatic rings. The molecular formula is C18H17N5O2. The maximum atomic E-state index is 12.1. The number of aryl methyl sites for hydroxylation is 1. The van der Waals surface area contributed by atoms with Gasteiger partial charge < -0.3 is 5.32 Å². The van der Waals surface area contributed by atoms with Gasteiger partial charge in [-0.05, 0) is 35.5 Å². The molecule has 1 heterocycles. The van der Waals surface area contributed by atoms with Gasteiger partial charge >= 0.3 is 0 Å². The number of carbonyl (C=O) groups is 2. The highest BCUT2D eigenvalue weighted by Crippen LogP contribution is 2.14. The number of Topliss-reactive ketones (excluding diaryl/α,β-unsaturated/α-hetero) is 1. The molecule has 0 fully saturated rings. The highest BCUT2D eigenvalue weighted by molar-refractivity contribution is 6.00. The van der Waals surface area contributed by atoms with Crippen molar-refractivity contribution in [3.8, 4) is 5.69 Å². The standard InChI is InChI=1S/C18H17N5O2/c1-13-5-7-14(8-6-13)17(24)9-10-18(25)20-15-3-2-4-16(11-15)23-12-19-21-22-23/h2-8,11-12H,9-10H2,1H3,(H,20,25). The fraction of sp³-hybridized carbons (Fsp3) is 0.167. The van der Waals surface area contributed by atoms with Crippen LogP contribution in [0.2, 0.25) is 0 Å². The highest BCUT2D eigenvalue weighted by atomic mass is 16.2. The van der Waals surface area contributed by atoms with Crippen LogP contribution in [0.4, 0.5) is 5.69 Å². The van der Waals surface area contributed by atoms with E-state index in [0.717, 1.165) is 11.3 Å². The predicted molar refractivity (Wildman–Crippen MR) is 92.5 cm³/mol. The Kier molecular flexibility index (Phi) is 4.94. The van der Waals surface area contributed by atoms with Crippen molar-refractivity contribution in [2.45, 2.75) is 19.8 Å². The molecule has 3 rings (SSSR count). The zero-order valence-corrected chi connectivity index (χ0v) is 13.7. The molecule has 7 heteroatoms. The van der Waals surface area contributed by atoms with E-state index >= 15 is 0 Å². The third kappa shape index (κ3) is 4.35. The van der Waals surface area contributed by atoms with Crippen LogP contribution < -0.4 is 5.32 Å². The normalized spacial score (nSPS) is 10.4. The number of carbonyl (C=O) groups excluding carboxylic acids is 2. The lowest BCUT2D eigenvalue weighted by Crippen LogP contribution is -2.13. The van der Waals surface area contributed by atoms with E-state index in [4.69, 9.17) is 0 Å². The molecule has 0 saturated heterocycles. The molecular weight excluding hydrogens is 318 g/mol. The van der Waals surface area contributed by atoms with Crippen LogP contribution in [0.25, 0.3) is 5.69 Å². The van der Waals surface area contributed by atoms with E-state index in [0.29, 0.717) is 11.3 Å². The van der Waals surface area contributed by atoms with E-state index in [1.165, 1.54) is 11.0 Å². The lowest BCUT2D eigenvalue weighted by molar-refractivity contribution is -0.116. The summed E-state index contributed by atoms with van der Waals surface area (Å²) >= 11 is 0. The quantitative estimate of drug-likeness (QED) is 0.699. The van der Waals surface area contributed by atoms with Crippen molar-refractivity contribution >= 4 is 17.4 Å². The summed E-state index contributed by atoms with van der Waals surface area (Å²) in [7, 11) is 0. The summed E-state index contributed by atoms with van der Waals surface area (Å²) < 4.78 is 1.50. The fourth-order valence-electron chi connectivity index (χ4n) is 2.34. The van der Waals surface area contributed by atoms with Crippen molar-refractivity contribution in [1.82, 2.24) is 20.2 Å². The topological polar surface area (TPSA) is 89.8 Å². The number of anilines is 1. The number of hydrogen-bond acceptors (Lipinski definition) is 5. The first-order valence-electron chi connectivity index (χ1n) is 7.85. The van der Waals surface area contributed by atoms with E-state index < -0.39 is 0 Å². The van der Waals surface area contributed by atoms with Crippen LogP contribution in [0.1, 0.15) is 28.8 Å². The van der Waals surface area contributed by atoms with Gasteiger partial charge in [0.2, 0.25) is 5.91 Å². The maximum absolute atomic E-state index is 12.1. The van der Waals surface area contributed by atoms with E-state index in [1.54, 1.807) is 30.3 Å². The van der Waals surface area contributed by atoms with Crippen molar-refractivity contribution in [1.29, 1.82) is 0 Å². The molecule has 126 valence electrons. The molecule has 2 aromatic carbocycles. The zero-order chi connectivity index (χ0) is 17.6. The minimum absolute atomic E-state index is 0.0439. The number of amides is 1. The second kappa shape index (κ2) is 7.48. The summed E-state index contributed by atoms with van der Waals surface area (Å²) in [6.07, 6.45) is 1.77. The Balaban J connectivity index is 1.57. The van der Waals surface area contributed by atoms with Crippen molar-refractivity contribution in [2.24, 2.45) is 0 Å². The molecule has 0 spiro atoms. The van der Waals surface area contributed by atoms with Crippen LogP contribution in [0.15, 0.2) is 54.9 Å². The summed E-state index contributed by atoms with van der Waals surface area (Å²) in [5, 5.41) is 13.8. The zero-order valence-electron chi connectivity index (χ0n) is 13.7. The molecule has 1 N–H and O–H groups in total. The van der Waals surface area contributed by atoms with Crippen LogP contribution in [0.3, 0.4) is 0 Å². The molecule has 7 nitrogen and oxygen atoms in total. The monoisotopic (exact) mass is 335 g/mol. The first kappa shape index (κ1) is 16.5. The van der Waals surface area contributed by atoms with Crippen molar-refractivity contribution in [2.75, 3.05) is 5.32 Å². The number of aromatic nitrogens is 4. The maximum Gasteiger partial charge on any atom is 0.224 e. The number of hydrogen-bond donors (Lipinski definition) is 1. The largest absolute Gasteiger partial charge is 0.326 e. The van der Waals surface area contributed by atoms with Gasteiger partial charge in [0, 0.05) is 24.1 Å². The molecule has 3 aromatic rings. The number of nitrogens with one attached hydrogen (secondary N) is 1. The lowest BCUT2D eigenvalue weighted by atomic mass is 10.0. The first-order valence-corrected chi connectivity index (χ1v) is 7.85. The molecule has 0 saturated carbocycles. The second-order valence-electron chi connectivity index (χ2n) is 5.64. The average Bonchev–Trinajstić information content (AvgIpc) is 3.15. The first-order chi connectivity index (χ1) is 12.1. The SMILES string of the molecule is Cc1ccc(C(=O)CCC(=O)Nc2cccc(-n3cnnn3)c2)cc1. The fourth-order valence-corrected chi connectivity index (χ4v) is 2.34. The number of benzene rings is 2. The van der Waals surface area contributed by atoms with Crippen LogP contribution in [-0.4, -0.2) is 31.9 Å².